The van der Waals surface area contributed by atoms with E-state index < -0.39 is 21.3 Å². The van der Waals surface area contributed by atoms with E-state index >= 15 is 0 Å². The number of allylic oxidation sites excluding steroid dienone is 4. The van der Waals surface area contributed by atoms with Crippen LogP contribution in [0.4, 0.5) is 0 Å². The van der Waals surface area contributed by atoms with Gasteiger partial charge in [-0.2, -0.15) is 0 Å². The fourth-order valence-electron chi connectivity index (χ4n) is 8.56. The molecule has 5 aliphatic rings. The van der Waals surface area contributed by atoms with Crippen molar-refractivity contribution in [2.45, 2.75) is 97.1 Å². The Bertz CT molecular complexity index is 1130. The number of benzene rings is 2. The maximum Gasteiger partial charge on any atom is -1.00 e. The van der Waals surface area contributed by atoms with E-state index in [2.05, 4.69) is 63.9 Å². The zero-order valence-corrected chi connectivity index (χ0v) is 26.7. The summed E-state index contributed by atoms with van der Waals surface area (Å²) >= 11 is -2.08. The second-order valence-electron chi connectivity index (χ2n) is 12.3. The van der Waals surface area contributed by atoms with Crippen LogP contribution in [0.3, 0.4) is 0 Å². The summed E-state index contributed by atoms with van der Waals surface area (Å²) in [6.07, 6.45) is 25.8. The van der Waals surface area contributed by atoms with Gasteiger partial charge in [0.15, 0.2) is 0 Å². The third kappa shape index (κ3) is 5.31. The molecule has 3 saturated carbocycles. The van der Waals surface area contributed by atoms with Gasteiger partial charge in [0, 0.05) is 0 Å². The largest absolute Gasteiger partial charge is 1.00 e. The van der Waals surface area contributed by atoms with Crippen molar-refractivity contribution in [3.05, 3.63) is 82.9 Å². The van der Waals surface area contributed by atoms with E-state index in [4.69, 9.17) is 0 Å². The average Bonchev–Trinajstić information content (AvgIpc) is 3.69. The van der Waals surface area contributed by atoms with Crippen LogP contribution in [0.1, 0.15) is 119 Å². The first-order valence-electron chi connectivity index (χ1n) is 15.2. The Morgan fingerprint density at radius 3 is 1.37 bits per heavy atom. The molecule has 0 aliphatic heterocycles. The van der Waals surface area contributed by atoms with Crippen LogP contribution in [0, 0.1) is 11.8 Å². The fraction of sp³-hybridized carbons (Fsp3) is 0.514. The van der Waals surface area contributed by atoms with Crippen LogP contribution in [-0.4, -0.2) is 3.21 Å². The molecule has 2 unspecified atom stereocenters. The molecule has 0 spiro atoms. The zero-order valence-electron chi connectivity index (χ0n) is 22.7. The summed E-state index contributed by atoms with van der Waals surface area (Å²) in [7, 11) is 0. The van der Waals surface area contributed by atoms with Gasteiger partial charge in [-0.25, -0.2) is 0 Å². The molecule has 2 aromatic carbocycles. The third-order valence-corrected chi connectivity index (χ3v) is 19.2. The minimum absolute atomic E-state index is 0. The van der Waals surface area contributed by atoms with E-state index in [1.807, 2.05) is 0 Å². The Hall–Kier alpha value is -0.747. The molecular weight excluding hydrogens is 583 g/mol. The van der Waals surface area contributed by atoms with Crippen LogP contribution < -0.4 is 24.8 Å². The number of hydrogen-bond acceptors (Lipinski definition) is 0. The van der Waals surface area contributed by atoms with Gasteiger partial charge < -0.3 is 24.8 Å². The summed E-state index contributed by atoms with van der Waals surface area (Å²) in [5.41, 5.74) is 10.3. The number of fused-ring (bicyclic) bond motifs is 2. The topological polar surface area (TPSA) is 0 Å². The standard InChI is InChI=1S/2C15H17.C5H8.2ClH.Zr/c2*1-2-6-12(7-3-1)15-11-10-13-8-4-5-9-14(13)15;1-2-4-5-3-1;;;/h2*4-5,8-12H,1-3,6-7H2;1-4H2;2*1H;/q;;;;;+2/p-2. The van der Waals surface area contributed by atoms with Crippen molar-refractivity contribution in [2.24, 2.45) is 11.8 Å². The molecule has 0 bridgehead atoms. The van der Waals surface area contributed by atoms with Crippen LogP contribution in [-0.2, 0) is 21.3 Å². The quantitative estimate of drug-likeness (QED) is 0.486. The molecule has 0 nitrogen and oxygen atoms in total. The molecular formula is C35H42Cl2Zr. The molecule has 200 valence electrons. The SMILES string of the molecule is C1=C(C2CCCCC2)c2ccccc2[CH]1[Zr+2](=[C]1CCCC1)[CH]1C=C(C2CCCCC2)c2ccccc21.[Cl-].[Cl-]. The molecule has 5 aliphatic carbocycles. The Kier molecular flexibility index (Phi) is 9.72. The van der Waals surface area contributed by atoms with Crippen molar-refractivity contribution >= 4 is 14.4 Å². The van der Waals surface area contributed by atoms with Crippen molar-refractivity contribution in [2.75, 3.05) is 0 Å². The monoisotopic (exact) mass is 622 g/mol. The van der Waals surface area contributed by atoms with Crippen molar-refractivity contribution < 1.29 is 46.1 Å². The van der Waals surface area contributed by atoms with E-state index in [1.165, 1.54) is 89.9 Å². The van der Waals surface area contributed by atoms with Gasteiger partial charge in [0.25, 0.3) is 0 Å². The predicted molar refractivity (Wildman–Crippen MR) is 151 cm³/mol. The first-order chi connectivity index (χ1) is 17.9. The smallest absolute Gasteiger partial charge is 1.00 e. The van der Waals surface area contributed by atoms with Gasteiger partial charge in [-0.1, -0.05) is 0 Å². The fourth-order valence-corrected chi connectivity index (χ4v) is 18.6. The van der Waals surface area contributed by atoms with Crippen LogP contribution in [0.2, 0.25) is 0 Å². The van der Waals surface area contributed by atoms with Crippen molar-refractivity contribution in [3.63, 3.8) is 0 Å². The second kappa shape index (κ2) is 12.8. The molecule has 0 radical (unpaired) electrons. The molecule has 2 atom stereocenters. The maximum absolute atomic E-state index is 2.88. The molecule has 0 saturated heterocycles. The van der Waals surface area contributed by atoms with E-state index in [9.17, 15) is 0 Å². The summed E-state index contributed by atoms with van der Waals surface area (Å²) in [5.74, 6) is 1.62. The molecule has 0 N–H and O–H groups in total. The second-order valence-corrected chi connectivity index (χ2v) is 19.3. The van der Waals surface area contributed by atoms with Crippen LogP contribution in [0.5, 0.6) is 0 Å². The van der Waals surface area contributed by atoms with Gasteiger partial charge in [-0.05, 0) is 0 Å². The van der Waals surface area contributed by atoms with Crippen LogP contribution >= 0.6 is 0 Å². The first kappa shape index (κ1) is 28.8. The average molecular weight is 625 g/mol. The molecule has 38 heavy (non-hydrogen) atoms. The van der Waals surface area contributed by atoms with Gasteiger partial charge in [-0.3, -0.25) is 0 Å². The molecule has 0 amide bonds. The Morgan fingerprint density at radius 2 is 0.921 bits per heavy atom. The van der Waals surface area contributed by atoms with Crippen molar-refractivity contribution in [3.8, 4) is 0 Å². The third-order valence-electron chi connectivity index (χ3n) is 10.3. The summed E-state index contributed by atoms with van der Waals surface area (Å²) < 4.78 is 3.56. The Labute approximate surface area is 250 Å². The maximum atomic E-state index is 2.88. The first-order valence-corrected chi connectivity index (χ1v) is 19.3. The summed E-state index contributed by atoms with van der Waals surface area (Å²) in [6, 6.07) is 19.4. The molecule has 3 fully saturated rings. The van der Waals surface area contributed by atoms with Crippen molar-refractivity contribution in [1.29, 1.82) is 0 Å². The minimum atomic E-state index is -2.08. The number of hydrogen-bond donors (Lipinski definition) is 0. The molecule has 2 aromatic rings. The van der Waals surface area contributed by atoms with Gasteiger partial charge in [0.1, 0.15) is 0 Å². The number of halogens is 2. The van der Waals surface area contributed by atoms with Crippen LogP contribution in [0.25, 0.3) is 11.1 Å². The Balaban J connectivity index is 0.00000147. The minimum Gasteiger partial charge on any atom is -1.00 e. The molecule has 0 heterocycles. The van der Waals surface area contributed by atoms with Crippen molar-refractivity contribution in [1.82, 2.24) is 0 Å². The van der Waals surface area contributed by atoms with E-state index in [0.717, 1.165) is 19.1 Å². The summed E-state index contributed by atoms with van der Waals surface area (Å²) in [5, 5.41) is 0. The predicted octanol–water partition coefficient (Wildman–Crippen LogP) is 3.80. The van der Waals surface area contributed by atoms with E-state index in [-0.39, 0.29) is 24.8 Å². The van der Waals surface area contributed by atoms with E-state index in [0.29, 0.717) is 0 Å². The number of rotatable bonds is 4. The van der Waals surface area contributed by atoms with Crippen LogP contribution in [0.15, 0.2) is 60.7 Å². The molecule has 7 rings (SSSR count). The van der Waals surface area contributed by atoms with Gasteiger partial charge in [0.05, 0.1) is 0 Å². The summed E-state index contributed by atoms with van der Waals surface area (Å²) in [6.45, 7) is 0. The van der Waals surface area contributed by atoms with Gasteiger partial charge in [0.2, 0.25) is 0 Å². The molecule has 3 heteroatoms. The normalized spacial score (nSPS) is 24.9. The zero-order chi connectivity index (χ0) is 23.9. The summed E-state index contributed by atoms with van der Waals surface area (Å²) in [4.78, 5) is 0. The van der Waals surface area contributed by atoms with Gasteiger partial charge >= 0.3 is 228 Å². The molecule has 0 aromatic heterocycles. The Morgan fingerprint density at radius 1 is 0.500 bits per heavy atom. The van der Waals surface area contributed by atoms with Gasteiger partial charge in [-0.15, -0.1) is 0 Å². The van der Waals surface area contributed by atoms with E-state index in [1.54, 1.807) is 33.4 Å².